The molecule has 4 aliphatic rings. The fourth-order valence-electron chi connectivity index (χ4n) is 5.77. The van der Waals surface area contributed by atoms with Crippen molar-refractivity contribution in [2.24, 2.45) is 17.8 Å². The largest absolute Gasteiger partial charge is 0.415 e. The quantitative estimate of drug-likeness (QED) is 0.387. The van der Waals surface area contributed by atoms with Gasteiger partial charge in [-0.15, -0.1) is 0 Å². The molecule has 0 aliphatic heterocycles. The predicted octanol–water partition coefficient (Wildman–Crippen LogP) is 3.17. The van der Waals surface area contributed by atoms with E-state index >= 15 is 0 Å². The van der Waals surface area contributed by atoms with Gasteiger partial charge in [0, 0.05) is 23.7 Å². The molecule has 7 heteroatoms. The molecule has 5 atom stereocenters. The Balaban J connectivity index is 1.50. The maximum absolute atomic E-state index is 12.3. The van der Waals surface area contributed by atoms with E-state index in [-0.39, 0.29) is 22.7 Å². The smallest absolute Gasteiger partial charge is 0.373 e. The Morgan fingerprint density at radius 2 is 1.96 bits per heavy atom. The number of nitro groups is 1. The Hall–Kier alpha value is -2.44. The fourth-order valence-corrected chi connectivity index (χ4v) is 5.77. The average molecular weight is 358 g/mol. The Morgan fingerprint density at radius 1 is 1.23 bits per heavy atom. The first-order valence-electron chi connectivity index (χ1n) is 9.07. The van der Waals surface area contributed by atoms with Gasteiger partial charge in [0.05, 0.1) is 11.1 Å². The fraction of sp³-hybridized carbons (Fsp3) is 0.579. The molecule has 0 saturated heterocycles. The van der Waals surface area contributed by atoms with Crippen molar-refractivity contribution >= 4 is 12.1 Å². The normalized spacial score (nSPS) is 37.2. The van der Waals surface area contributed by atoms with Gasteiger partial charge >= 0.3 is 12.1 Å². The number of carbonyl (C=O) groups is 2. The SMILES string of the molecule is CC1C2CC3CC(NC(=O)OC(=O)c4ccccc4)(C2)CC1([N+](=O)[O-])C3. The molecule has 4 bridgehead atoms. The minimum absolute atomic E-state index is 0.00551. The molecule has 4 saturated carbocycles. The van der Waals surface area contributed by atoms with Crippen molar-refractivity contribution in [2.45, 2.75) is 50.1 Å². The number of esters is 1. The third-order valence-corrected chi connectivity index (χ3v) is 6.74. The van der Waals surface area contributed by atoms with E-state index in [0.717, 1.165) is 19.3 Å². The molecule has 4 fully saturated rings. The van der Waals surface area contributed by atoms with Crippen molar-refractivity contribution in [2.75, 3.05) is 0 Å². The lowest BCUT2D eigenvalue weighted by Gasteiger charge is -2.60. The molecule has 0 heterocycles. The zero-order valence-electron chi connectivity index (χ0n) is 14.6. The highest BCUT2D eigenvalue weighted by Crippen LogP contribution is 2.61. The minimum atomic E-state index is -0.971. The molecule has 0 spiro atoms. The molecule has 26 heavy (non-hydrogen) atoms. The lowest BCUT2D eigenvalue weighted by molar-refractivity contribution is -0.600. The van der Waals surface area contributed by atoms with Crippen LogP contribution in [0.1, 0.15) is 49.4 Å². The van der Waals surface area contributed by atoms with Gasteiger partial charge in [0.2, 0.25) is 5.54 Å². The lowest BCUT2D eigenvalue weighted by Crippen LogP contribution is -2.70. The van der Waals surface area contributed by atoms with Crippen molar-refractivity contribution in [3.05, 3.63) is 46.0 Å². The Kier molecular flexibility index (Phi) is 3.78. The number of alkyl carbamates (subject to hydrolysis) is 1. The topological polar surface area (TPSA) is 98.5 Å². The number of hydrogen-bond donors (Lipinski definition) is 1. The summed E-state index contributed by atoms with van der Waals surface area (Å²) in [7, 11) is 0. The Bertz CT molecular complexity index is 766. The van der Waals surface area contributed by atoms with Gasteiger partial charge in [-0.3, -0.25) is 10.1 Å². The first kappa shape index (κ1) is 17.0. The zero-order valence-corrected chi connectivity index (χ0v) is 14.6. The van der Waals surface area contributed by atoms with E-state index < -0.39 is 23.1 Å². The number of ether oxygens (including phenoxy) is 1. The van der Waals surface area contributed by atoms with Crippen molar-refractivity contribution in [3.8, 4) is 0 Å². The summed E-state index contributed by atoms with van der Waals surface area (Å²) in [6.07, 6.45) is 2.51. The standard InChI is InChI=1S/C19H22N2O5/c1-12-15-7-13-8-18(10-15,11-19(12,9-13)21(24)25)20-17(23)26-16(22)14-5-3-2-4-6-14/h2-6,12-13,15H,7-11H2,1H3,(H,20,23). The van der Waals surface area contributed by atoms with Crippen molar-refractivity contribution in [1.29, 1.82) is 0 Å². The molecule has 1 amide bonds. The highest BCUT2D eigenvalue weighted by molar-refractivity contribution is 5.96. The summed E-state index contributed by atoms with van der Waals surface area (Å²) in [4.78, 5) is 36.1. The lowest BCUT2D eigenvalue weighted by atomic mass is 9.46. The number of hydrogen-bond acceptors (Lipinski definition) is 5. The van der Waals surface area contributed by atoms with Gasteiger partial charge in [-0.05, 0) is 43.2 Å². The van der Waals surface area contributed by atoms with E-state index in [1.54, 1.807) is 30.3 Å². The van der Waals surface area contributed by atoms with Crippen LogP contribution in [0, 0.1) is 27.9 Å². The van der Waals surface area contributed by atoms with Gasteiger partial charge < -0.3 is 10.1 Å². The number of nitrogens with zero attached hydrogens (tertiary/aromatic N) is 1. The summed E-state index contributed by atoms with van der Waals surface area (Å²) in [5, 5.41) is 14.7. The summed E-state index contributed by atoms with van der Waals surface area (Å²) in [5.41, 5.74) is -1.32. The first-order valence-corrected chi connectivity index (χ1v) is 9.07. The number of benzene rings is 1. The first-order chi connectivity index (χ1) is 12.3. The number of carbonyl (C=O) groups excluding carboxylic acids is 2. The molecule has 0 radical (unpaired) electrons. The predicted molar refractivity (Wildman–Crippen MR) is 92.1 cm³/mol. The second-order valence-corrected chi connectivity index (χ2v) is 8.25. The van der Waals surface area contributed by atoms with Gasteiger partial charge in [0.15, 0.2) is 0 Å². The van der Waals surface area contributed by atoms with Gasteiger partial charge in [-0.2, -0.15) is 0 Å². The summed E-state index contributed by atoms with van der Waals surface area (Å²) in [6.45, 7) is 1.97. The third kappa shape index (κ3) is 2.57. The van der Waals surface area contributed by atoms with Crippen molar-refractivity contribution in [3.63, 3.8) is 0 Å². The van der Waals surface area contributed by atoms with Crippen LogP contribution in [0.25, 0.3) is 0 Å². The summed E-state index contributed by atoms with van der Waals surface area (Å²) in [6, 6.07) is 8.30. The second-order valence-electron chi connectivity index (χ2n) is 8.25. The Labute approximate surface area is 151 Å². The van der Waals surface area contributed by atoms with Crippen molar-refractivity contribution < 1.29 is 19.2 Å². The summed E-state index contributed by atoms with van der Waals surface area (Å²) >= 11 is 0. The number of amides is 1. The monoisotopic (exact) mass is 358 g/mol. The molecule has 7 nitrogen and oxygen atoms in total. The maximum atomic E-state index is 12.3. The van der Waals surface area contributed by atoms with Crippen LogP contribution in [-0.2, 0) is 4.74 Å². The molecule has 4 aliphatic carbocycles. The molecule has 1 aromatic carbocycles. The van der Waals surface area contributed by atoms with Crippen LogP contribution < -0.4 is 5.32 Å². The molecule has 5 rings (SSSR count). The maximum Gasteiger partial charge on any atom is 0.415 e. The Morgan fingerprint density at radius 3 is 2.65 bits per heavy atom. The van der Waals surface area contributed by atoms with E-state index in [1.807, 2.05) is 6.92 Å². The van der Waals surface area contributed by atoms with Crippen molar-refractivity contribution in [1.82, 2.24) is 5.32 Å². The number of rotatable bonds is 3. The molecule has 138 valence electrons. The van der Waals surface area contributed by atoms with Crippen LogP contribution in [0.3, 0.4) is 0 Å². The molecular weight excluding hydrogens is 336 g/mol. The van der Waals surface area contributed by atoms with Crippen LogP contribution in [0.2, 0.25) is 0 Å². The molecule has 5 unspecified atom stereocenters. The van der Waals surface area contributed by atoms with Crippen LogP contribution >= 0.6 is 0 Å². The number of nitrogens with one attached hydrogen (secondary N) is 1. The highest BCUT2D eigenvalue weighted by atomic mass is 16.6. The van der Waals surface area contributed by atoms with Crippen LogP contribution in [0.5, 0.6) is 0 Å². The highest BCUT2D eigenvalue weighted by Gasteiger charge is 2.68. The van der Waals surface area contributed by atoms with E-state index in [2.05, 4.69) is 5.32 Å². The average Bonchev–Trinajstić information content (AvgIpc) is 2.59. The third-order valence-electron chi connectivity index (χ3n) is 6.74. The van der Waals surface area contributed by atoms with Gasteiger partial charge in [0.25, 0.3) is 0 Å². The second kappa shape index (κ2) is 5.79. The van der Waals surface area contributed by atoms with E-state index in [1.165, 1.54) is 0 Å². The zero-order chi connectivity index (χ0) is 18.5. The van der Waals surface area contributed by atoms with Gasteiger partial charge in [-0.1, -0.05) is 25.1 Å². The van der Waals surface area contributed by atoms with Crippen LogP contribution in [0.4, 0.5) is 4.79 Å². The van der Waals surface area contributed by atoms with Gasteiger partial charge in [0.1, 0.15) is 0 Å². The van der Waals surface area contributed by atoms with Gasteiger partial charge in [-0.25, -0.2) is 9.59 Å². The van der Waals surface area contributed by atoms with E-state index in [0.29, 0.717) is 18.4 Å². The molecular formula is C19H22N2O5. The molecule has 1 aromatic rings. The van der Waals surface area contributed by atoms with Crippen LogP contribution in [0.15, 0.2) is 30.3 Å². The van der Waals surface area contributed by atoms with E-state index in [9.17, 15) is 19.7 Å². The minimum Gasteiger partial charge on any atom is -0.373 e. The summed E-state index contributed by atoms with van der Waals surface area (Å²) < 4.78 is 4.94. The molecule has 0 aromatic heterocycles. The van der Waals surface area contributed by atoms with Crippen LogP contribution in [-0.4, -0.2) is 28.1 Å². The molecule has 1 N–H and O–H groups in total. The summed E-state index contributed by atoms with van der Waals surface area (Å²) in [5.74, 6) is -0.239. The van der Waals surface area contributed by atoms with E-state index in [4.69, 9.17) is 4.74 Å².